The second-order valence-corrected chi connectivity index (χ2v) is 4.01. The highest BCUT2D eigenvalue weighted by atomic mass is 32.2. The summed E-state index contributed by atoms with van der Waals surface area (Å²) >= 11 is 0. The van der Waals surface area contributed by atoms with Crippen molar-refractivity contribution >= 4 is 10.0 Å². The van der Waals surface area contributed by atoms with Crippen molar-refractivity contribution in [3.05, 3.63) is 27.0 Å². The van der Waals surface area contributed by atoms with Crippen molar-refractivity contribution in [3.8, 4) is 0 Å². The molecule has 10 heteroatoms. The number of rotatable bonds is 2. The van der Waals surface area contributed by atoms with Gasteiger partial charge in [-0.05, 0) is 0 Å². The molecule has 1 aromatic heterocycles. The van der Waals surface area contributed by atoms with Crippen molar-refractivity contribution in [2.24, 2.45) is 5.14 Å². The molecule has 0 amide bonds. The van der Waals surface area contributed by atoms with Gasteiger partial charge in [0.25, 0.3) is 5.56 Å². The van der Waals surface area contributed by atoms with Crippen molar-refractivity contribution in [1.29, 1.82) is 0 Å². The molecule has 1 heterocycles. The number of aromatic amines is 1. The number of nitrogens with zero attached hydrogens (tertiary/aromatic N) is 1. The lowest BCUT2D eigenvalue weighted by atomic mass is 10.6. The molecular weight excluding hydrogens is 236 g/mol. The fourth-order valence-corrected chi connectivity index (χ4v) is 1.38. The number of sulfonamides is 1. The van der Waals surface area contributed by atoms with E-state index in [-0.39, 0.29) is 10.8 Å². The van der Waals surface area contributed by atoms with Crippen LogP contribution in [0.25, 0.3) is 0 Å². The molecule has 0 aliphatic carbocycles. The van der Waals surface area contributed by atoms with Crippen LogP contribution in [0.1, 0.15) is 6.55 Å². The summed E-state index contributed by atoms with van der Waals surface area (Å²) in [6.07, 6.45) is 0.196. The van der Waals surface area contributed by atoms with E-state index in [1.807, 2.05) is 0 Å². The maximum atomic E-state index is 12.1. The number of aromatic nitrogens is 2. The lowest BCUT2D eigenvalue weighted by Crippen LogP contribution is -2.34. The molecule has 0 saturated heterocycles. The second-order valence-electron chi connectivity index (χ2n) is 2.48. The molecule has 84 valence electrons. The lowest BCUT2D eigenvalue weighted by Gasteiger charge is -2.04. The zero-order valence-corrected chi connectivity index (χ0v) is 7.79. The summed E-state index contributed by atoms with van der Waals surface area (Å²) in [7, 11) is -4.44. The largest absolute Gasteiger partial charge is 0.332 e. The molecule has 0 aliphatic rings. The molecular formula is C5H5F2N3O4S. The highest BCUT2D eigenvalue weighted by Crippen LogP contribution is 2.06. The number of halogens is 2. The molecule has 1 rings (SSSR count). The number of hydrogen-bond acceptors (Lipinski definition) is 4. The smallest absolute Gasteiger partial charge is 0.273 e. The Kier molecular flexibility index (Phi) is 2.73. The van der Waals surface area contributed by atoms with E-state index >= 15 is 0 Å². The minimum absolute atomic E-state index is 0.196. The number of alkyl halides is 2. The Hall–Kier alpha value is -1.55. The van der Waals surface area contributed by atoms with Crippen LogP contribution >= 0.6 is 0 Å². The maximum Gasteiger partial charge on any atom is 0.332 e. The molecule has 0 aliphatic heterocycles. The van der Waals surface area contributed by atoms with Gasteiger partial charge in [0.1, 0.15) is 0 Å². The molecule has 0 aromatic carbocycles. The second kappa shape index (κ2) is 3.55. The van der Waals surface area contributed by atoms with Crippen molar-refractivity contribution in [2.45, 2.75) is 11.4 Å². The van der Waals surface area contributed by atoms with Crippen molar-refractivity contribution in [1.82, 2.24) is 9.55 Å². The average molecular weight is 241 g/mol. The number of H-pyrrole nitrogens is 1. The van der Waals surface area contributed by atoms with Crippen LogP contribution in [0.2, 0.25) is 0 Å². The predicted molar refractivity (Wildman–Crippen MR) is 43.9 cm³/mol. The van der Waals surface area contributed by atoms with Gasteiger partial charge in [0, 0.05) is 6.20 Å². The van der Waals surface area contributed by atoms with E-state index in [4.69, 9.17) is 0 Å². The minimum atomic E-state index is -4.44. The summed E-state index contributed by atoms with van der Waals surface area (Å²) in [5.74, 6) is 0. The third-order valence-corrected chi connectivity index (χ3v) is 2.36. The quantitative estimate of drug-likeness (QED) is 0.661. The van der Waals surface area contributed by atoms with Gasteiger partial charge in [0.15, 0.2) is 4.90 Å². The number of nitrogens with two attached hydrogens (primary N) is 1. The van der Waals surface area contributed by atoms with Crippen LogP contribution in [-0.2, 0) is 10.0 Å². The zero-order chi connectivity index (χ0) is 11.8. The Morgan fingerprint density at radius 2 is 1.93 bits per heavy atom. The third-order valence-electron chi connectivity index (χ3n) is 1.45. The minimum Gasteiger partial charge on any atom is -0.273 e. The lowest BCUT2D eigenvalue weighted by molar-refractivity contribution is 0.0637. The number of nitrogens with one attached hydrogen (secondary N) is 1. The van der Waals surface area contributed by atoms with Crippen LogP contribution in [-0.4, -0.2) is 18.0 Å². The standard InChI is InChI=1S/C5H5F2N3O4S/c6-4(7)10-1-2(15(8,13)14)3(11)9-5(10)12/h1,4H,(H2,8,13,14)(H,9,11,12). The van der Waals surface area contributed by atoms with E-state index in [0.717, 1.165) is 0 Å². The summed E-state index contributed by atoms with van der Waals surface area (Å²) in [6.45, 7) is -3.27. The first kappa shape index (κ1) is 11.5. The molecule has 0 fully saturated rings. The fourth-order valence-electron chi connectivity index (χ4n) is 0.814. The topological polar surface area (TPSA) is 115 Å². The van der Waals surface area contributed by atoms with Crippen molar-refractivity contribution < 1.29 is 17.2 Å². The van der Waals surface area contributed by atoms with Crippen LogP contribution in [0.3, 0.4) is 0 Å². The summed E-state index contributed by atoms with van der Waals surface area (Å²) in [6, 6.07) is 0. The first-order valence-electron chi connectivity index (χ1n) is 3.40. The Balaban J connectivity index is 3.66. The van der Waals surface area contributed by atoms with E-state index in [9.17, 15) is 26.8 Å². The predicted octanol–water partition coefficient (Wildman–Crippen LogP) is -1.42. The highest BCUT2D eigenvalue weighted by molar-refractivity contribution is 7.89. The Morgan fingerprint density at radius 1 is 1.40 bits per heavy atom. The van der Waals surface area contributed by atoms with E-state index in [2.05, 4.69) is 5.14 Å². The van der Waals surface area contributed by atoms with Gasteiger partial charge >= 0.3 is 12.2 Å². The number of primary sulfonamides is 1. The van der Waals surface area contributed by atoms with Gasteiger partial charge in [-0.3, -0.25) is 9.78 Å². The Bertz CT molecular complexity index is 587. The molecule has 0 spiro atoms. The molecule has 1 aromatic rings. The summed E-state index contributed by atoms with van der Waals surface area (Å²) in [5.41, 5.74) is -2.75. The van der Waals surface area contributed by atoms with Gasteiger partial charge in [0.05, 0.1) is 0 Å². The Labute approximate surface area is 81.2 Å². The molecule has 0 unspecified atom stereocenters. The van der Waals surface area contributed by atoms with Crippen LogP contribution in [0.4, 0.5) is 8.78 Å². The number of hydrogen-bond donors (Lipinski definition) is 2. The van der Waals surface area contributed by atoms with Gasteiger partial charge < -0.3 is 0 Å². The van der Waals surface area contributed by atoms with E-state index < -0.39 is 32.7 Å². The van der Waals surface area contributed by atoms with Gasteiger partial charge in [-0.2, -0.15) is 8.78 Å². The van der Waals surface area contributed by atoms with Crippen LogP contribution in [0, 0.1) is 0 Å². The maximum absolute atomic E-state index is 12.1. The molecule has 0 bridgehead atoms. The van der Waals surface area contributed by atoms with Crippen LogP contribution in [0.15, 0.2) is 20.7 Å². The van der Waals surface area contributed by atoms with Gasteiger partial charge in [-0.15, -0.1) is 0 Å². The monoisotopic (exact) mass is 241 g/mol. The average Bonchev–Trinajstić information content (AvgIpc) is 2.00. The summed E-state index contributed by atoms with van der Waals surface area (Å²) in [4.78, 5) is 22.0. The van der Waals surface area contributed by atoms with E-state index in [0.29, 0.717) is 0 Å². The molecule has 0 radical (unpaired) electrons. The van der Waals surface area contributed by atoms with Crippen molar-refractivity contribution in [2.75, 3.05) is 0 Å². The fraction of sp³-hybridized carbons (Fsp3) is 0.200. The normalized spacial score (nSPS) is 12.0. The van der Waals surface area contributed by atoms with E-state index in [1.54, 1.807) is 0 Å². The first-order chi connectivity index (χ1) is 6.73. The van der Waals surface area contributed by atoms with E-state index in [1.165, 1.54) is 4.98 Å². The molecule has 15 heavy (non-hydrogen) atoms. The SMILES string of the molecule is NS(=O)(=O)c1cn(C(F)F)c(=O)[nH]c1=O. The van der Waals surface area contributed by atoms with Crippen LogP contribution < -0.4 is 16.4 Å². The Morgan fingerprint density at radius 3 is 2.33 bits per heavy atom. The van der Waals surface area contributed by atoms with Gasteiger partial charge in [-0.25, -0.2) is 22.9 Å². The zero-order valence-electron chi connectivity index (χ0n) is 6.98. The molecule has 3 N–H and O–H groups in total. The highest BCUT2D eigenvalue weighted by Gasteiger charge is 2.18. The van der Waals surface area contributed by atoms with Gasteiger partial charge in [-0.1, -0.05) is 0 Å². The third kappa shape index (κ3) is 2.27. The molecule has 0 atom stereocenters. The summed E-state index contributed by atoms with van der Waals surface area (Å²) in [5, 5.41) is 4.57. The summed E-state index contributed by atoms with van der Waals surface area (Å²) < 4.78 is 45.5. The molecule has 7 nitrogen and oxygen atoms in total. The first-order valence-corrected chi connectivity index (χ1v) is 4.94. The van der Waals surface area contributed by atoms with Crippen LogP contribution in [0.5, 0.6) is 0 Å². The molecule has 0 saturated carbocycles. The van der Waals surface area contributed by atoms with Crippen molar-refractivity contribution in [3.63, 3.8) is 0 Å². The van der Waals surface area contributed by atoms with Gasteiger partial charge in [0.2, 0.25) is 10.0 Å².